The van der Waals surface area contributed by atoms with Crippen LogP contribution in [0.2, 0.25) is 0 Å². The number of methoxy groups -OCH3 is 1. The van der Waals surface area contributed by atoms with Gasteiger partial charge in [0, 0.05) is 37.9 Å². The molecule has 1 saturated heterocycles. The van der Waals surface area contributed by atoms with Gasteiger partial charge >= 0.3 is 7.82 Å². The normalized spacial score (nSPS) is 14.4. The highest BCUT2D eigenvalue weighted by Gasteiger charge is 2.38. The molecule has 262 valence electrons. The summed E-state index contributed by atoms with van der Waals surface area (Å²) in [6.07, 6.45) is 4.31. The van der Waals surface area contributed by atoms with Crippen LogP contribution in [-0.4, -0.2) is 96.2 Å². The Morgan fingerprint density at radius 2 is 1.51 bits per heavy atom. The van der Waals surface area contributed by atoms with Crippen LogP contribution in [0.15, 0.2) is 49.1 Å². The Kier molecular flexibility index (Phi) is 10.1. The van der Waals surface area contributed by atoms with Crippen LogP contribution in [0.3, 0.4) is 0 Å². The zero-order chi connectivity index (χ0) is 35.7. The first-order chi connectivity index (χ1) is 23.0. The summed E-state index contributed by atoms with van der Waals surface area (Å²) in [5, 5.41) is 4.66. The van der Waals surface area contributed by atoms with E-state index >= 15 is 0 Å². The van der Waals surface area contributed by atoms with E-state index in [9.17, 15) is 18.9 Å². The molecule has 16 heteroatoms. The second-order valence-electron chi connectivity index (χ2n) is 13.5. The van der Waals surface area contributed by atoms with Crippen molar-refractivity contribution in [1.29, 1.82) is 0 Å². The average Bonchev–Trinajstić information content (AvgIpc) is 3.65. The van der Waals surface area contributed by atoms with Crippen molar-refractivity contribution in [2.24, 2.45) is 0 Å². The first kappa shape index (κ1) is 35.9. The molecule has 1 aliphatic heterocycles. The monoisotopic (exact) mass is 695 g/mol. The van der Waals surface area contributed by atoms with Crippen LogP contribution in [0.25, 0.3) is 16.7 Å². The van der Waals surface area contributed by atoms with Gasteiger partial charge in [0.25, 0.3) is 17.6 Å². The van der Waals surface area contributed by atoms with E-state index in [0.29, 0.717) is 16.9 Å². The van der Waals surface area contributed by atoms with Crippen molar-refractivity contribution in [3.8, 4) is 11.6 Å². The molecule has 5 rings (SSSR count). The Balaban J connectivity index is 1.51. The molecule has 0 atom stereocenters. The molecule has 1 aromatic carbocycles. The lowest BCUT2D eigenvalue weighted by Crippen LogP contribution is -2.52. The Hall–Kier alpha value is -4.43. The van der Waals surface area contributed by atoms with Crippen molar-refractivity contribution in [3.63, 3.8) is 0 Å². The first-order valence-electron chi connectivity index (χ1n) is 15.8. The van der Waals surface area contributed by atoms with E-state index in [1.807, 2.05) is 6.07 Å². The SMILES string of the molecule is COc1cnc(-n2cnc(C)n2)c2c1c(C(=O)C(=O)N1CCN(C(=O)c3ccccc3)CC1)cn2COP(=O)(OC(C)(C)C)OC(C)(C)C. The summed E-state index contributed by atoms with van der Waals surface area (Å²) in [7, 11) is -2.78. The molecule has 0 spiro atoms. The number of rotatable bonds is 10. The molecule has 2 amide bonds. The maximum absolute atomic E-state index is 14.1. The van der Waals surface area contributed by atoms with Gasteiger partial charge in [-0.25, -0.2) is 19.2 Å². The minimum Gasteiger partial charge on any atom is -0.494 e. The molecule has 0 unspecified atom stereocenters. The lowest BCUT2D eigenvalue weighted by Gasteiger charge is -2.34. The molecule has 0 N–H and O–H groups in total. The van der Waals surface area contributed by atoms with Crippen LogP contribution in [-0.2, 0) is 29.7 Å². The smallest absolute Gasteiger partial charge is 0.477 e. The van der Waals surface area contributed by atoms with Crippen LogP contribution < -0.4 is 4.74 Å². The maximum Gasteiger partial charge on any atom is 0.477 e. The number of Topliss-reactive ketones (excluding diaryl/α,β-unsaturated/α-hetero) is 1. The van der Waals surface area contributed by atoms with Gasteiger partial charge in [-0.15, -0.1) is 0 Å². The lowest BCUT2D eigenvalue weighted by molar-refractivity contribution is -0.127. The van der Waals surface area contributed by atoms with Gasteiger partial charge in [-0.2, -0.15) is 5.10 Å². The third-order valence-corrected chi connectivity index (χ3v) is 9.30. The Morgan fingerprint density at radius 3 is 2.06 bits per heavy atom. The van der Waals surface area contributed by atoms with Gasteiger partial charge in [0.2, 0.25) is 0 Å². The summed E-state index contributed by atoms with van der Waals surface area (Å²) in [5.74, 6) is -0.762. The van der Waals surface area contributed by atoms with Gasteiger partial charge in [-0.1, -0.05) is 18.2 Å². The largest absolute Gasteiger partial charge is 0.494 e. The first-order valence-corrected chi connectivity index (χ1v) is 17.2. The van der Waals surface area contributed by atoms with Crippen molar-refractivity contribution < 1.29 is 37.3 Å². The summed E-state index contributed by atoms with van der Waals surface area (Å²) >= 11 is 0. The molecule has 1 aliphatic rings. The van der Waals surface area contributed by atoms with Crippen LogP contribution in [0.1, 0.15) is 68.1 Å². The Labute approximate surface area is 284 Å². The van der Waals surface area contributed by atoms with Gasteiger partial charge in [0.05, 0.1) is 35.5 Å². The predicted octanol–water partition coefficient (Wildman–Crippen LogP) is 4.81. The van der Waals surface area contributed by atoms with Gasteiger partial charge < -0.3 is 19.1 Å². The minimum absolute atomic E-state index is 0.00652. The Bertz CT molecular complexity index is 1880. The van der Waals surface area contributed by atoms with Crippen molar-refractivity contribution in [2.75, 3.05) is 33.3 Å². The van der Waals surface area contributed by atoms with Crippen molar-refractivity contribution >= 4 is 36.3 Å². The number of amides is 2. The van der Waals surface area contributed by atoms with Crippen molar-refractivity contribution in [3.05, 3.63) is 66.0 Å². The van der Waals surface area contributed by atoms with E-state index in [0.717, 1.165) is 0 Å². The molecule has 4 heterocycles. The van der Waals surface area contributed by atoms with Crippen LogP contribution in [0.5, 0.6) is 5.75 Å². The van der Waals surface area contributed by atoms with Crippen LogP contribution in [0, 0.1) is 6.92 Å². The molecule has 3 aromatic heterocycles. The summed E-state index contributed by atoms with van der Waals surface area (Å²) in [6.45, 7) is 12.5. The average molecular weight is 696 g/mol. The molecule has 0 bridgehead atoms. The molecule has 0 aliphatic carbocycles. The number of ketones is 1. The summed E-state index contributed by atoms with van der Waals surface area (Å²) in [6, 6.07) is 8.90. The standard InChI is InChI=1S/C33H42N7O8P/c1-22-35-20-40(36-22)29-27-26(25(45-8)18-34-29)24(19-39(27)21-46-49(44,47-32(2,3)4)48-33(5,6)7)28(41)31(43)38-16-14-37(15-17-38)30(42)23-12-10-9-11-13-23/h9-13,18-20H,14-17,21H2,1-8H3. The van der Waals surface area contributed by atoms with E-state index in [-0.39, 0.29) is 54.6 Å². The van der Waals surface area contributed by atoms with Crippen LogP contribution >= 0.6 is 7.82 Å². The van der Waals surface area contributed by atoms with E-state index in [1.165, 1.54) is 40.0 Å². The predicted molar refractivity (Wildman–Crippen MR) is 180 cm³/mol. The zero-order valence-electron chi connectivity index (χ0n) is 29.0. The van der Waals surface area contributed by atoms with Crippen LogP contribution in [0.4, 0.5) is 0 Å². The van der Waals surface area contributed by atoms with Crippen molar-refractivity contribution in [1.82, 2.24) is 34.1 Å². The van der Waals surface area contributed by atoms with E-state index in [2.05, 4.69) is 15.1 Å². The number of nitrogens with zero attached hydrogens (tertiary/aromatic N) is 7. The zero-order valence-corrected chi connectivity index (χ0v) is 29.9. The number of aromatic nitrogens is 5. The van der Waals surface area contributed by atoms with Crippen molar-refractivity contribution in [2.45, 2.75) is 66.4 Å². The second kappa shape index (κ2) is 13.8. The molecule has 1 fully saturated rings. The number of hydrogen-bond donors (Lipinski definition) is 0. The highest BCUT2D eigenvalue weighted by Crippen LogP contribution is 2.55. The van der Waals surface area contributed by atoms with Gasteiger partial charge in [0.15, 0.2) is 5.82 Å². The fourth-order valence-electron chi connectivity index (χ4n) is 5.35. The van der Waals surface area contributed by atoms with Gasteiger partial charge in [0.1, 0.15) is 30.1 Å². The summed E-state index contributed by atoms with van der Waals surface area (Å²) in [5.41, 5.74) is -0.921. The number of carbonyl (C=O) groups excluding carboxylic acids is 3. The number of carbonyl (C=O) groups is 3. The fraction of sp³-hybridized carbons (Fsp3) is 0.455. The summed E-state index contributed by atoms with van der Waals surface area (Å²) < 4.78 is 40.0. The highest BCUT2D eigenvalue weighted by atomic mass is 31.2. The van der Waals surface area contributed by atoms with E-state index < -0.39 is 37.4 Å². The number of fused-ring (bicyclic) bond motifs is 1. The van der Waals surface area contributed by atoms with E-state index in [1.54, 1.807) is 77.6 Å². The highest BCUT2D eigenvalue weighted by molar-refractivity contribution is 7.48. The van der Waals surface area contributed by atoms with Gasteiger partial charge in [-0.05, 0) is 60.6 Å². The summed E-state index contributed by atoms with van der Waals surface area (Å²) in [4.78, 5) is 52.6. The third-order valence-electron chi connectivity index (χ3n) is 7.32. The quantitative estimate of drug-likeness (QED) is 0.127. The number of benzene rings is 1. The topological polar surface area (TPSA) is 160 Å². The molecular formula is C33H42N7O8P. The number of hydrogen-bond acceptors (Lipinski definition) is 11. The van der Waals surface area contributed by atoms with Gasteiger partial charge in [-0.3, -0.25) is 28.0 Å². The lowest BCUT2D eigenvalue weighted by atomic mass is 10.1. The third kappa shape index (κ3) is 8.24. The molecule has 49 heavy (non-hydrogen) atoms. The number of ether oxygens (including phenoxy) is 1. The van der Waals surface area contributed by atoms with E-state index in [4.69, 9.17) is 18.3 Å². The number of pyridine rings is 1. The molecule has 0 radical (unpaired) electrons. The Morgan fingerprint density at radius 1 is 0.898 bits per heavy atom. The molecule has 0 saturated carbocycles. The molecule has 4 aromatic rings. The second-order valence-corrected chi connectivity index (χ2v) is 15.0. The minimum atomic E-state index is -4.20. The number of aryl methyl sites for hydroxylation is 1. The number of phosphoric ester groups is 1. The fourth-order valence-corrected chi connectivity index (χ4v) is 7.10. The number of phosphoric acid groups is 1. The molecular weight excluding hydrogens is 653 g/mol. The number of piperazine rings is 1. The maximum atomic E-state index is 14.1. The molecule has 15 nitrogen and oxygen atoms in total.